The maximum absolute atomic E-state index is 12.9. The third-order valence-electron chi connectivity index (χ3n) is 3.12. The second-order valence-corrected chi connectivity index (χ2v) is 7.88. The molecule has 4 nitrogen and oxygen atoms in total. The van der Waals surface area contributed by atoms with Crippen LogP contribution in [0.15, 0.2) is 16.7 Å². The van der Waals surface area contributed by atoms with E-state index in [0.717, 1.165) is 6.07 Å². The summed E-state index contributed by atoms with van der Waals surface area (Å²) in [7, 11) is -3.19. The number of sulfone groups is 1. The molecule has 9 heteroatoms. The summed E-state index contributed by atoms with van der Waals surface area (Å²) in [6.45, 7) is -0.0555. The van der Waals surface area contributed by atoms with Crippen molar-refractivity contribution in [1.82, 2.24) is 4.98 Å². The summed E-state index contributed by atoms with van der Waals surface area (Å²) in [6, 6.07) is 0.915. The molecule has 1 aromatic rings. The molecule has 1 unspecified atom stereocenters. The Morgan fingerprint density at radius 3 is 2.70 bits per heavy atom. The molecule has 0 amide bonds. The van der Waals surface area contributed by atoms with E-state index in [1.165, 1.54) is 6.20 Å². The summed E-state index contributed by atoms with van der Waals surface area (Å²) in [4.78, 5) is 3.68. The fraction of sp³-hybridized carbons (Fsp3) is 0.545. The zero-order valence-electron chi connectivity index (χ0n) is 10.2. The van der Waals surface area contributed by atoms with Crippen LogP contribution in [0, 0.1) is 0 Å². The lowest BCUT2D eigenvalue weighted by atomic mass is 10.2. The number of hydrogen-bond donors (Lipinski definition) is 1. The number of hydrogen-bond acceptors (Lipinski definition) is 4. The van der Waals surface area contributed by atoms with Crippen LogP contribution in [0.5, 0.6) is 0 Å². The molecule has 1 aliphatic rings. The fourth-order valence-corrected chi connectivity index (χ4v) is 4.19. The fourth-order valence-electron chi connectivity index (χ4n) is 2.09. The van der Waals surface area contributed by atoms with E-state index in [-0.39, 0.29) is 22.6 Å². The zero-order valence-corrected chi connectivity index (χ0v) is 12.6. The SMILES string of the molecule is O=S1(=O)CCCC1CNc1ncc(Br)cc1C(F)(F)F. The van der Waals surface area contributed by atoms with Crippen LogP contribution in [0.25, 0.3) is 0 Å². The Labute approximate surface area is 122 Å². The number of nitrogens with one attached hydrogen (secondary N) is 1. The smallest absolute Gasteiger partial charge is 0.368 e. The maximum atomic E-state index is 12.9. The van der Waals surface area contributed by atoms with E-state index in [4.69, 9.17) is 0 Å². The van der Waals surface area contributed by atoms with Gasteiger partial charge in [-0.05, 0) is 34.8 Å². The normalized spacial score (nSPS) is 21.9. The predicted molar refractivity (Wildman–Crippen MR) is 72.2 cm³/mol. The number of aromatic nitrogens is 1. The third kappa shape index (κ3) is 3.43. The van der Waals surface area contributed by atoms with Crippen molar-refractivity contribution in [3.63, 3.8) is 0 Å². The topological polar surface area (TPSA) is 59.1 Å². The molecule has 1 saturated heterocycles. The van der Waals surface area contributed by atoms with E-state index < -0.39 is 26.8 Å². The van der Waals surface area contributed by atoms with E-state index in [0.29, 0.717) is 12.8 Å². The molecule has 1 fully saturated rings. The summed E-state index contributed by atoms with van der Waals surface area (Å²) < 4.78 is 62.1. The highest BCUT2D eigenvalue weighted by atomic mass is 79.9. The predicted octanol–water partition coefficient (Wildman–Crippen LogP) is 2.85. The first kappa shape index (κ1) is 15.6. The van der Waals surface area contributed by atoms with Gasteiger partial charge in [0.25, 0.3) is 0 Å². The molecule has 0 bridgehead atoms. The van der Waals surface area contributed by atoms with Gasteiger partial charge in [0, 0.05) is 17.2 Å². The molecule has 0 spiro atoms. The quantitative estimate of drug-likeness (QED) is 0.886. The van der Waals surface area contributed by atoms with Crippen LogP contribution >= 0.6 is 15.9 Å². The van der Waals surface area contributed by atoms with Gasteiger partial charge in [0.05, 0.1) is 16.6 Å². The summed E-state index contributed by atoms with van der Waals surface area (Å²) >= 11 is 2.94. The number of halogens is 4. The number of alkyl halides is 3. The average Bonchev–Trinajstić information content (AvgIpc) is 2.65. The van der Waals surface area contributed by atoms with Gasteiger partial charge in [-0.15, -0.1) is 0 Å². The number of pyridine rings is 1. The summed E-state index contributed by atoms with van der Waals surface area (Å²) in [5.41, 5.74) is -0.915. The van der Waals surface area contributed by atoms with Gasteiger partial charge in [0.1, 0.15) is 5.82 Å². The summed E-state index contributed by atoms with van der Waals surface area (Å²) in [5.74, 6) is -0.248. The van der Waals surface area contributed by atoms with Gasteiger partial charge in [-0.25, -0.2) is 13.4 Å². The summed E-state index contributed by atoms with van der Waals surface area (Å²) in [5, 5.41) is 1.87. The molecule has 0 saturated carbocycles. The standard InChI is InChI=1S/C11H12BrF3N2O2S/c12-7-4-9(11(13,14)15)10(16-5-7)17-6-8-2-1-3-20(8,18)19/h4-5,8H,1-3,6H2,(H,16,17). The maximum Gasteiger partial charge on any atom is 0.419 e. The van der Waals surface area contributed by atoms with Crippen molar-refractivity contribution in [2.24, 2.45) is 0 Å². The molecule has 2 rings (SSSR count). The van der Waals surface area contributed by atoms with Crippen LogP contribution in [0.1, 0.15) is 18.4 Å². The van der Waals surface area contributed by atoms with Crippen LogP contribution in [0.2, 0.25) is 0 Å². The highest BCUT2D eigenvalue weighted by Crippen LogP contribution is 2.35. The van der Waals surface area contributed by atoms with Crippen LogP contribution in [-0.2, 0) is 16.0 Å². The zero-order chi connectivity index (χ0) is 15.0. The highest BCUT2D eigenvalue weighted by Gasteiger charge is 2.36. The summed E-state index contributed by atoms with van der Waals surface area (Å²) in [6.07, 6.45) is -2.30. The van der Waals surface area contributed by atoms with Gasteiger partial charge in [0.15, 0.2) is 9.84 Å². The molecule has 1 N–H and O–H groups in total. The first-order valence-corrected chi connectivity index (χ1v) is 8.39. The molecule has 1 aliphatic heterocycles. The van der Waals surface area contributed by atoms with E-state index >= 15 is 0 Å². The van der Waals surface area contributed by atoms with Gasteiger partial charge in [-0.2, -0.15) is 13.2 Å². The monoisotopic (exact) mass is 372 g/mol. The van der Waals surface area contributed by atoms with Crippen molar-refractivity contribution in [3.8, 4) is 0 Å². The Morgan fingerprint density at radius 2 is 2.15 bits per heavy atom. The van der Waals surface area contributed by atoms with E-state index in [1.54, 1.807) is 0 Å². The number of anilines is 1. The molecule has 20 heavy (non-hydrogen) atoms. The Bertz CT molecular complexity index is 604. The molecule has 0 aliphatic carbocycles. The third-order valence-corrected chi connectivity index (χ3v) is 5.83. The van der Waals surface area contributed by atoms with Crippen molar-refractivity contribution >= 4 is 31.6 Å². The second-order valence-electron chi connectivity index (χ2n) is 4.56. The van der Waals surface area contributed by atoms with Crippen molar-refractivity contribution in [3.05, 3.63) is 22.3 Å². The second kappa shape index (κ2) is 5.51. The van der Waals surface area contributed by atoms with Gasteiger partial charge < -0.3 is 5.32 Å². The molecular weight excluding hydrogens is 361 g/mol. The Balaban J connectivity index is 2.18. The molecule has 0 aromatic carbocycles. The van der Waals surface area contributed by atoms with Crippen molar-refractivity contribution in [1.29, 1.82) is 0 Å². The van der Waals surface area contributed by atoms with Crippen LogP contribution < -0.4 is 5.32 Å². The van der Waals surface area contributed by atoms with Crippen molar-refractivity contribution in [2.75, 3.05) is 17.6 Å². The lowest BCUT2D eigenvalue weighted by molar-refractivity contribution is -0.137. The first-order valence-electron chi connectivity index (χ1n) is 5.88. The van der Waals surface area contributed by atoms with E-state index in [1.807, 2.05) is 0 Å². The van der Waals surface area contributed by atoms with Crippen LogP contribution in [-0.4, -0.2) is 30.9 Å². The molecular formula is C11H12BrF3N2O2S. The lowest BCUT2D eigenvalue weighted by Crippen LogP contribution is -2.26. The molecule has 0 radical (unpaired) electrons. The van der Waals surface area contributed by atoms with E-state index in [9.17, 15) is 21.6 Å². The Kier molecular flexibility index (Phi) is 4.29. The van der Waals surface area contributed by atoms with E-state index in [2.05, 4.69) is 26.2 Å². The lowest BCUT2D eigenvalue weighted by Gasteiger charge is -2.16. The minimum atomic E-state index is -4.55. The van der Waals surface area contributed by atoms with Gasteiger partial charge >= 0.3 is 6.18 Å². The van der Waals surface area contributed by atoms with Crippen molar-refractivity contribution in [2.45, 2.75) is 24.3 Å². The number of rotatable bonds is 3. The highest BCUT2D eigenvalue weighted by molar-refractivity contribution is 9.10. The Morgan fingerprint density at radius 1 is 1.45 bits per heavy atom. The average molecular weight is 373 g/mol. The van der Waals surface area contributed by atoms with Gasteiger partial charge in [-0.1, -0.05) is 0 Å². The largest absolute Gasteiger partial charge is 0.419 e. The Hall–Kier alpha value is -0.830. The van der Waals surface area contributed by atoms with Crippen LogP contribution in [0.4, 0.5) is 19.0 Å². The number of nitrogens with zero attached hydrogens (tertiary/aromatic N) is 1. The first-order chi connectivity index (χ1) is 9.20. The molecule has 2 heterocycles. The molecule has 1 atom stereocenters. The van der Waals surface area contributed by atoms with Gasteiger partial charge in [0.2, 0.25) is 0 Å². The van der Waals surface area contributed by atoms with Crippen molar-refractivity contribution < 1.29 is 21.6 Å². The van der Waals surface area contributed by atoms with Gasteiger partial charge in [-0.3, -0.25) is 0 Å². The molecule has 1 aromatic heterocycles. The minimum Gasteiger partial charge on any atom is -0.368 e. The minimum absolute atomic E-state index is 0.0555. The molecule has 112 valence electrons. The van der Waals surface area contributed by atoms with Crippen LogP contribution in [0.3, 0.4) is 0 Å².